The number of aromatic hydroxyl groups is 1. The molecule has 13 nitrogen and oxygen atoms in total. The number of amides is 1. The number of fused-ring (bicyclic) bond motifs is 1. The van der Waals surface area contributed by atoms with Gasteiger partial charge in [-0.2, -0.15) is 5.06 Å². The summed E-state index contributed by atoms with van der Waals surface area (Å²) in [5.41, 5.74) is -3.47. The van der Waals surface area contributed by atoms with Crippen LogP contribution in [0.5, 0.6) is 17.2 Å². The topological polar surface area (TPSA) is 192 Å². The van der Waals surface area contributed by atoms with E-state index in [-0.39, 0.29) is 51.5 Å². The highest BCUT2D eigenvalue weighted by molar-refractivity contribution is 6.46. The number of ether oxygens (including phenoxy) is 2. The summed E-state index contributed by atoms with van der Waals surface area (Å²) in [6.45, 7) is 7.15. The Hall–Kier alpha value is -5.17. The highest BCUT2D eigenvalue weighted by Crippen LogP contribution is 2.43. The Morgan fingerprint density at radius 3 is 2.04 bits per heavy atom. The summed E-state index contributed by atoms with van der Waals surface area (Å²) in [6, 6.07) is 8.80. The van der Waals surface area contributed by atoms with Gasteiger partial charge in [0.05, 0.1) is 11.1 Å². The van der Waals surface area contributed by atoms with E-state index in [0.29, 0.717) is 12.8 Å². The summed E-state index contributed by atoms with van der Waals surface area (Å²) < 4.78 is 11.6. The maximum Gasteiger partial charge on any atom is 0.380 e. The third-order valence-corrected chi connectivity index (χ3v) is 7.89. The predicted octanol–water partition coefficient (Wildman–Crippen LogP) is 4.48. The number of carbonyl (C=O) groups is 4. The zero-order valence-corrected chi connectivity index (χ0v) is 25.4. The zero-order valence-electron chi connectivity index (χ0n) is 25.4. The highest BCUT2D eigenvalue weighted by Gasteiger charge is 2.55. The monoisotopic (exact) mass is 622 g/mol. The third kappa shape index (κ3) is 5.86. The molecule has 1 aliphatic carbocycles. The molecule has 0 bridgehead atoms. The van der Waals surface area contributed by atoms with Crippen molar-refractivity contribution in [2.45, 2.75) is 52.7 Å². The number of hydrogen-bond acceptors (Lipinski definition) is 12. The van der Waals surface area contributed by atoms with Gasteiger partial charge in [-0.3, -0.25) is 19.6 Å². The van der Waals surface area contributed by atoms with Crippen molar-refractivity contribution in [3.8, 4) is 17.2 Å². The number of phenolic OH excluding ortho intramolecular Hbond substituents is 1. The molecule has 0 unspecified atom stereocenters. The second-order valence-electron chi connectivity index (χ2n) is 10.9. The van der Waals surface area contributed by atoms with E-state index in [4.69, 9.17) is 14.3 Å². The molecular formula is C32H34N2O11. The molecule has 13 heteroatoms. The second kappa shape index (κ2) is 12.8. The molecule has 2 aliphatic rings. The number of oxime groups is 1. The third-order valence-electron chi connectivity index (χ3n) is 7.89. The van der Waals surface area contributed by atoms with Crippen LogP contribution in [0.1, 0.15) is 58.1 Å². The van der Waals surface area contributed by atoms with E-state index in [1.165, 1.54) is 43.5 Å². The molecule has 0 saturated heterocycles. The number of Topliss-reactive ketones (excluding diaryl/α,β-unsaturated/α-hetero) is 2. The van der Waals surface area contributed by atoms with E-state index in [0.717, 1.165) is 6.07 Å². The number of ketones is 2. The van der Waals surface area contributed by atoms with Crippen molar-refractivity contribution in [3.05, 3.63) is 65.1 Å². The number of hydroxylamine groups is 2. The molecule has 2 aromatic rings. The van der Waals surface area contributed by atoms with Gasteiger partial charge in [0.25, 0.3) is 5.91 Å². The molecule has 4 rings (SSSR count). The molecule has 1 amide bonds. The number of carbonyl (C=O) groups excluding carboxylic acids is 4. The number of allylic oxidation sites excluding steroid dienone is 2. The molecule has 1 aliphatic heterocycles. The largest absolute Gasteiger partial charge is 0.508 e. The van der Waals surface area contributed by atoms with Crippen LogP contribution in [0.3, 0.4) is 0 Å². The van der Waals surface area contributed by atoms with Gasteiger partial charge in [0.2, 0.25) is 11.6 Å². The van der Waals surface area contributed by atoms with Crippen LogP contribution in [0, 0.1) is 11.8 Å². The molecule has 45 heavy (non-hydrogen) atoms. The molecular weight excluding hydrogens is 588 g/mol. The number of aliphatic hydroxyl groups excluding tert-OH is 2. The Morgan fingerprint density at radius 1 is 0.911 bits per heavy atom. The first-order valence-electron chi connectivity index (χ1n) is 14.3. The van der Waals surface area contributed by atoms with Gasteiger partial charge in [0.15, 0.2) is 23.0 Å². The molecule has 1 heterocycles. The molecule has 3 atom stereocenters. The molecule has 0 saturated carbocycles. The Balaban J connectivity index is 1.74. The van der Waals surface area contributed by atoms with E-state index in [1.54, 1.807) is 20.8 Å². The number of aliphatic hydroxyl groups is 2. The fourth-order valence-corrected chi connectivity index (χ4v) is 4.94. The van der Waals surface area contributed by atoms with Gasteiger partial charge in [-0.15, -0.1) is 0 Å². The first-order valence-corrected chi connectivity index (χ1v) is 14.3. The van der Waals surface area contributed by atoms with Crippen LogP contribution in [0.2, 0.25) is 0 Å². The lowest BCUT2D eigenvalue weighted by Gasteiger charge is -2.41. The standard InChI is InChI=1S/C32H34N2O11/c1-6-16(3)15-32(34(42)30(40)25(33-43-5)17(4)7-2)31(41)44-22-14-19(10-13-21(22)45-32)24-28(38)26(36)23(27(37)29(24)39)18-8-11-20(35)12-9-18/h8-14,16-17,35-36,39,42H,6-7,15H2,1-5H3/b33-25+/t16-,17-,32+/m0/s1. The number of rotatable bonds is 10. The average Bonchev–Trinajstić information content (AvgIpc) is 3.03. The summed E-state index contributed by atoms with van der Waals surface area (Å²) in [5, 5.41) is 46.2. The van der Waals surface area contributed by atoms with Crippen LogP contribution < -0.4 is 9.47 Å². The average molecular weight is 623 g/mol. The number of esters is 1. The fourth-order valence-electron chi connectivity index (χ4n) is 4.94. The van der Waals surface area contributed by atoms with Crippen LogP contribution in [-0.2, 0) is 24.0 Å². The lowest BCUT2D eigenvalue weighted by atomic mass is 9.86. The van der Waals surface area contributed by atoms with Crippen LogP contribution in [0.4, 0.5) is 0 Å². The van der Waals surface area contributed by atoms with Crippen molar-refractivity contribution < 1.29 is 54.0 Å². The van der Waals surface area contributed by atoms with E-state index >= 15 is 0 Å². The van der Waals surface area contributed by atoms with Gasteiger partial charge >= 0.3 is 11.7 Å². The zero-order chi connectivity index (χ0) is 33.2. The van der Waals surface area contributed by atoms with Crippen molar-refractivity contribution in [3.63, 3.8) is 0 Å². The Labute approximate surface area is 258 Å². The lowest BCUT2D eigenvalue weighted by molar-refractivity contribution is -0.248. The Kier molecular flexibility index (Phi) is 9.33. The lowest BCUT2D eigenvalue weighted by Crippen LogP contribution is -2.64. The number of hydrogen-bond donors (Lipinski definition) is 4. The van der Waals surface area contributed by atoms with Gasteiger partial charge in [-0.25, -0.2) is 4.79 Å². The highest BCUT2D eigenvalue weighted by atomic mass is 16.7. The minimum absolute atomic E-state index is 0.0880. The fraction of sp³-hybridized carbons (Fsp3) is 0.344. The molecule has 4 N–H and O–H groups in total. The van der Waals surface area contributed by atoms with E-state index < -0.39 is 57.8 Å². The number of benzene rings is 2. The first kappa shape index (κ1) is 32.7. The minimum Gasteiger partial charge on any atom is -0.508 e. The van der Waals surface area contributed by atoms with Crippen molar-refractivity contribution in [1.82, 2.24) is 5.06 Å². The Bertz CT molecular complexity index is 1640. The van der Waals surface area contributed by atoms with Gasteiger partial charge in [0, 0.05) is 12.3 Å². The van der Waals surface area contributed by atoms with Crippen LogP contribution >= 0.6 is 0 Å². The normalized spacial score (nSPS) is 19.9. The van der Waals surface area contributed by atoms with Crippen molar-refractivity contribution in [2.75, 3.05) is 7.11 Å². The SMILES string of the molecule is CC[C@H](C)C[C@@]1(N(O)C(=O)/C(=N/OC)[C@@H](C)CC)Oc2ccc(C3=C(O)C(=O)C(c4ccc(O)cc4)=C(O)C3=O)cc2OC1=O. The van der Waals surface area contributed by atoms with Gasteiger partial charge in [0.1, 0.15) is 18.6 Å². The maximum absolute atomic E-state index is 13.6. The molecule has 0 radical (unpaired) electrons. The molecule has 2 aromatic carbocycles. The van der Waals surface area contributed by atoms with Crippen LogP contribution in [-0.4, -0.2) is 67.6 Å². The van der Waals surface area contributed by atoms with Gasteiger partial charge in [-0.05, 0) is 47.7 Å². The van der Waals surface area contributed by atoms with Gasteiger partial charge < -0.3 is 29.6 Å². The quantitative estimate of drug-likeness (QED) is 0.0729. The van der Waals surface area contributed by atoms with E-state index in [9.17, 15) is 39.7 Å². The van der Waals surface area contributed by atoms with Gasteiger partial charge in [-0.1, -0.05) is 57.5 Å². The molecule has 0 aromatic heterocycles. The first-order chi connectivity index (χ1) is 21.3. The summed E-state index contributed by atoms with van der Waals surface area (Å²) in [7, 11) is 1.24. The molecule has 0 spiro atoms. The number of phenols is 1. The second-order valence-corrected chi connectivity index (χ2v) is 10.9. The molecule has 0 fully saturated rings. The summed E-state index contributed by atoms with van der Waals surface area (Å²) in [5.74, 6) is -7.32. The molecule has 238 valence electrons. The van der Waals surface area contributed by atoms with E-state index in [2.05, 4.69) is 5.16 Å². The summed E-state index contributed by atoms with van der Waals surface area (Å²) >= 11 is 0. The minimum atomic E-state index is -2.32. The number of nitrogens with zero attached hydrogens (tertiary/aromatic N) is 2. The Morgan fingerprint density at radius 2 is 1.49 bits per heavy atom. The van der Waals surface area contributed by atoms with Crippen LogP contribution in [0.15, 0.2) is 59.1 Å². The predicted molar refractivity (Wildman–Crippen MR) is 159 cm³/mol. The smallest absolute Gasteiger partial charge is 0.380 e. The van der Waals surface area contributed by atoms with Crippen molar-refractivity contribution in [1.29, 1.82) is 0 Å². The maximum atomic E-state index is 13.6. The van der Waals surface area contributed by atoms with Crippen molar-refractivity contribution in [2.24, 2.45) is 17.0 Å². The van der Waals surface area contributed by atoms with Crippen LogP contribution in [0.25, 0.3) is 11.1 Å². The van der Waals surface area contributed by atoms with Crippen molar-refractivity contribution >= 4 is 40.3 Å². The van der Waals surface area contributed by atoms with E-state index in [1.807, 2.05) is 6.92 Å². The summed E-state index contributed by atoms with van der Waals surface area (Å²) in [4.78, 5) is 58.2. The summed E-state index contributed by atoms with van der Waals surface area (Å²) in [6.07, 6.45) is 0.871.